The van der Waals surface area contributed by atoms with Gasteiger partial charge in [-0.05, 0) is 92.2 Å². The van der Waals surface area contributed by atoms with Crippen molar-refractivity contribution >= 4 is 5.69 Å². The number of aryl methyl sites for hydroxylation is 2. The molecule has 1 N–H and O–H groups in total. The van der Waals surface area contributed by atoms with E-state index in [4.69, 9.17) is 6.42 Å². The average molecular weight is 402 g/mol. The summed E-state index contributed by atoms with van der Waals surface area (Å²) in [7, 11) is 0. The second-order valence-electron chi connectivity index (χ2n) is 9.35. The molecule has 0 radical (unpaired) electrons. The van der Waals surface area contributed by atoms with E-state index in [0.29, 0.717) is 17.9 Å². The van der Waals surface area contributed by atoms with Gasteiger partial charge in [-0.1, -0.05) is 63.3 Å². The van der Waals surface area contributed by atoms with E-state index < -0.39 is 0 Å². The number of rotatable bonds is 8. The number of hydrogen-bond donors (Lipinski definition) is 1. The van der Waals surface area contributed by atoms with E-state index in [9.17, 15) is 0 Å². The molecule has 0 spiro atoms. The Balaban J connectivity index is 1.64. The summed E-state index contributed by atoms with van der Waals surface area (Å²) >= 11 is 0. The van der Waals surface area contributed by atoms with Crippen molar-refractivity contribution in [1.29, 1.82) is 0 Å². The highest BCUT2D eigenvalue weighted by Crippen LogP contribution is 2.36. The number of anilines is 1. The van der Waals surface area contributed by atoms with Crippen LogP contribution >= 0.6 is 0 Å². The zero-order valence-electron chi connectivity index (χ0n) is 19.4. The van der Waals surface area contributed by atoms with Gasteiger partial charge in [0, 0.05) is 17.3 Å². The highest BCUT2D eigenvalue weighted by atomic mass is 14.9. The molecule has 1 saturated carbocycles. The van der Waals surface area contributed by atoms with Gasteiger partial charge in [-0.25, -0.2) is 0 Å². The van der Waals surface area contributed by atoms with Crippen molar-refractivity contribution in [3.05, 3.63) is 64.2 Å². The maximum absolute atomic E-state index is 5.73. The van der Waals surface area contributed by atoms with Gasteiger partial charge in [-0.2, -0.15) is 0 Å². The molecule has 2 aromatic carbocycles. The minimum atomic E-state index is 0.559. The minimum absolute atomic E-state index is 0.559. The molecule has 0 saturated heterocycles. The lowest BCUT2D eigenvalue weighted by atomic mass is 9.80. The minimum Gasteiger partial charge on any atom is -0.382 e. The summed E-state index contributed by atoms with van der Waals surface area (Å²) in [5, 5.41) is 3.90. The molecule has 0 bridgehead atoms. The Labute approximate surface area is 184 Å². The number of unbranched alkanes of at least 4 members (excludes halogenated alkanes) is 2. The molecule has 0 aromatic heterocycles. The van der Waals surface area contributed by atoms with Crippen molar-refractivity contribution in [2.24, 2.45) is 0 Å². The first-order valence-electron chi connectivity index (χ1n) is 12.0. The van der Waals surface area contributed by atoms with E-state index in [1.54, 1.807) is 0 Å². The fourth-order valence-electron chi connectivity index (χ4n) is 5.16. The predicted molar refractivity (Wildman–Crippen MR) is 131 cm³/mol. The first kappa shape index (κ1) is 22.5. The van der Waals surface area contributed by atoms with Crippen LogP contribution in [0.3, 0.4) is 0 Å². The molecule has 0 aliphatic heterocycles. The van der Waals surface area contributed by atoms with Crippen LogP contribution in [-0.2, 0) is 0 Å². The highest BCUT2D eigenvalue weighted by Gasteiger charge is 2.24. The number of nitrogens with one attached hydrogen (secondary N) is 1. The van der Waals surface area contributed by atoms with Crippen molar-refractivity contribution in [3.8, 4) is 12.3 Å². The molecule has 1 fully saturated rings. The lowest BCUT2D eigenvalue weighted by molar-refractivity contribution is 0.412. The number of hydrogen-bond acceptors (Lipinski definition) is 1. The smallest absolute Gasteiger partial charge is 0.0375 e. The molecule has 1 aliphatic rings. The summed E-state index contributed by atoms with van der Waals surface area (Å²) in [6.07, 6.45) is 15.8. The Kier molecular flexibility index (Phi) is 8.03. The van der Waals surface area contributed by atoms with Gasteiger partial charge in [0.2, 0.25) is 0 Å². The van der Waals surface area contributed by atoms with Gasteiger partial charge in [0.1, 0.15) is 0 Å². The Hall–Kier alpha value is -2.20. The lowest BCUT2D eigenvalue weighted by Gasteiger charge is -2.31. The van der Waals surface area contributed by atoms with Crippen molar-refractivity contribution in [1.82, 2.24) is 0 Å². The van der Waals surface area contributed by atoms with Crippen molar-refractivity contribution in [3.63, 3.8) is 0 Å². The monoisotopic (exact) mass is 401 g/mol. The summed E-state index contributed by atoms with van der Waals surface area (Å²) < 4.78 is 0. The van der Waals surface area contributed by atoms with Crippen LogP contribution in [0.1, 0.15) is 105 Å². The Bertz CT molecular complexity index is 864. The summed E-state index contributed by atoms with van der Waals surface area (Å²) in [5.74, 6) is 4.11. The molecule has 2 aromatic rings. The summed E-state index contributed by atoms with van der Waals surface area (Å²) in [5.41, 5.74) is 8.12. The lowest BCUT2D eigenvalue weighted by Crippen LogP contribution is -2.26. The van der Waals surface area contributed by atoms with Crippen LogP contribution in [0.25, 0.3) is 0 Å². The van der Waals surface area contributed by atoms with Crippen LogP contribution < -0.4 is 5.32 Å². The molecule has 1 unspecified atom stereocenters. The van der Waals surface area contributed by atoms with Gasteiger partial charge in [0.05, 0.1) is 0 Å². The first-order valence-corrected chi connectivity index (χ1v) is 12.0. The molecule has 1 heteroatoms. The molecule has 1 nitrogen and oxygen atoms in total. The molecule has 0 amide bonds. The van der Waals surface area contributed by atoms with Gasteiger partial charge >= 0.3 is 0 Å². The van der Waals surface area contributed by atoms with Gasteiger partial charge in [-0.15, -0.1) is 6.42 Å². The van der Waals surface area contributed by atoms with Crippen LogP contribution in [0.4, 0.5) is 5.69 Å². The third-order valence-corrected chi connectivity index (χ3v) is 7.03. The number of benzene rings is 2. The summed E-state index contributed by atoms with van der Waals surface area (Å²) in [6, 6.07) is 13.9. The van der Waals surface area contributed by atoms with E-state index in [2.05, 4.69) is 69.3 Å². The molecule has 1 atom stereocenters. The third-order valence-electron chi connectivity index (χ3n) is 7.03. The van der Waals surface area contributed by atoms with Crippen LogP contribution in [0, 0.1) is 26.2 Å². The fourth-order valence-corrected chi connectivity index (χ4v) is 5.16. The summed E-state index contributed by atoms with van der Waals surface area (Å²) in [6.45, 7) is 9.20. The first-order chi connectivity index (χ1) is 14.5. The van der Waals surface area contributed by atoms with Crippen LogP contribution in [0.2, 0.25) is 0 Å². The second kappa shape index (κ2) is 10.7. The van der Waals surface area contributed by atoms with Gasteiger partial charge in [0.25, 0.3) is 0 Å². The Morgan fingerprint density at radius 2 is 1.77 bits per heavy atom. The van der Waals surface area contributed by atoms with Crippen LogP contribution in [-0.4, -0.2) is 6.04 Å². The van der Waals surface area contributed by atoms with E-state index in [-0.39, 0.29) is 0 Å². The maximum Gasteiger partial charge on any atom is 0.0375 e. The molecule has 160 valence electrons. The second-order valence-corrected chi connectivity index (χ2v) is 9.35. The summed E-state index contributed by atoms with van der Waals surface area (Å²) in [4.78, 5) is 0. The quantitative estimate of drug-likeness (QED) is 0.348. The zero-order chi connectivity index (χ0) is 21.5. The van der Waals surface area contributed by atoms with E-state index in [1.807, 2.05) is 6.07 Å². The number of terminal acetylenes is 1. The Morgan fingerprint density at radius 3 is 2.47 bits per heavy atom. The SMILES string of the molecule is C#Cc1ccccc1C1CCC(Nc2cc(C(C)CCCCC)c(C)cc2C)CC1. The average Bonchev–Trinajstić information content (AvgIpc) is 2.76. The Morgan fingerprint density at radius 1 is 1.03 bits per heavy atom. The zero-order valence-corrected chi connectivity index (χ0v) is 19.4. The van der Waals surface area contributed by atoms with Gasteiger partial charge in [0.15, 0.2) is 0 Å². The van der Waals surface area contributed by atoms with E-state index in [1.165, 1.54) is 79.3 Å². The fraction of sp³-hybridized carbons (Fsp3) is 0.517. The highest BCUT2D eigenvalue weighted by molar-refractivity contribution is 5.56. The van der Waals surface area contributed by atoms with Crippen molar-refractivity contribution in [2.75, 3.05) is 5.32 Å². The van der Waals surface area contributed by atoms with Crippen LogP contribution in [0.5, 0.6) is 0 Å². The normalized spacial score (nSPS) is 19.8. The van der Waals surface area contributed by atoms with Crippen molar-refractivity contribution < 1.29 is 0 Å². The molecular weight excluding hydrogens is 362 g/mol. The molecule has 1 aliphatic carbocycles. The van der Waals surface area contributed by atoms with Crippen molar-refractivity contribution in [2.45, 2.75) is 96.9 Å². The molecule has 0 heterocycles. The molecular formula is C29H39N. The van der Waals surface area contributed by atoms with E-state index in [0.717, 1.165) is 5.56 Å². The maximum atomic E-state index is 5.73. The standard InChI is InChI=1S/C29H39N/c1-6-8-9-12-21(3)28-20-29(23(5)19-22(28)4)30-26-17-15-25(16-18-26)27-14-11-10-13-24(27)7-2/h2,10-11,13-14,19-21,25-26,30H,6,8-9,12,15-18H2,1,3-5H3. The largest absolute Gasteiger partial charge is 0.382 e. The topological polar surface area (TPSA) is 12.0 Å². The van der Waals surface area contributed by atoms with E-state index >= 15 is 0 Å². The predicted octanol–water partition coefficient (Wildman–Crippen LogP) is 8.11. The van der Waals surface area contributed by atoms with Gasteiger partial charge < -0.3 is 5.32 Å². The molecule has 30 heavy (non-hydrogen) atoms. The third kappa shape index (κ3) is 5.48. The van der Waals surface area contributed by atoms with Gasteiger partial charge in [-0.3, -0.25) is 0 Å². The van der Waals surface area contributed by atoms with Crippen LogP contribution in [0.15, 0.2) is 36.4 Å². The molecule has 3 rings (SSSR count).